The predicted octanol–water partition coefficient (Wildman–Crippen LogP) is 2.38. The third-order valence-corrected chi connectivity index (χ3v) is 2.90. The van der Waals surface area contributed by atoms with Gasteiger partial charge in [0.05, 0.1) is 10.7 Å². The Bertz CT molecular complexity index is 350. The van der Waals surface area contributed by atoms with Crippen LogP contribution in [0.25, 0.3) is 0 Å². The number of anilines is 1. The zero-order valence-electron chi connectivity index (χ0n) is 7.69. The molecule has 1 aromatic carbocycles. The van der Waals surface area contributed by atoms with Crippen molar-refractivity contribution in [2.75, 3.05) is 11.9 Å². The summed E-state index contributed by atoms with van der Waals surface area (Å²) < 4.78 is 12.9. The largest absolute Gasteiger partial charge is 0.377 e. The first-order valence-electron chi connectivity index (χ1n) is 4.58. The smallest absolute Gasteiger partial charge is 0.125 e. The van der Waals surface area contributed by atoms with E-state index < -0.39 is 0 Å². The van der Waals surface area contributed by atoms with E-state index in [2.05, 4.69) is 5.32 Å². The fourth-order valence-electron chi connectivity index (χ4n) is 1.41. The van der Waals surface area contributed by atoms with Crippen molar-refractivity contribution >= 4 is 17.3 Å². The van der Waals surface area contributed by atoms with E-state index in [1.54, 1.807) is 6.07 Å². The lowest BCUT2D eigenvalue weighted by atomic mass is 10.2. The number of rotatable bonds is 3. The van der Waals surface area contributed by atoms with Gasteiger partial charge in [-0.05, 0) is 31.0 Å². The molecule has 2 rings (SSSR count). The topological polar surface area (TPSA) is 38.0 Å². The Morgan fingerprint density at radius 1 is 1.50 bits per heavy atom. The van der Waals surface area contributed by atoms with Gasteiger partial charge in [0, 0.05) is 12.1 Å². The maximum atomic E-state index is 12.9. The molecule has 1 fully saturated rings. The molecule has 3 N–H and O–H groups in total. The Kier molecular flexibility index (Phi) is 2.37. The molecule has 4 heteroatoms. The number of hydrogen-bond acceptors (Lipinski definition) is 2. The third kappa shape index (κ3) is 1.83. The summed E-state index contributed by atoms with van der Waals surface area (Å²) in [4.78, 5) is 0. The Balaban J connectivity index is 2.20. The molecular formula is C10H12ClFN2. The Morgan fingerprint density at radius 2 is 2.21 bits per heavy atom. The maximum Gasteiger partial charge on any atom is 0.125 e. The van der Waals surface area contributed by atoms with Gasteiger partial charge in [-0.15, -0.1) is 0 Å². The van der Waals surface area contributed by atoms with Gasteiger partial charge >= 0.3 is 0 Å². The summed E-state index contributed by atoms with van der Waals surface area (Å²) in [6, 6.07) is 4.29. The molecule has 0 amide bonds. The van der Waals surface area contributed by atoms with Gasteiger partial charge in [-0.1, -0.05) is 11.6 Å². The van der Waals surface area contributed by atoms with E-state index in [0.717, 1.165) is 12.8 Å². The second kappa shape index (κ2) is 3.41. The van der Waals surface area contributed by atoms with Gasteiger partial charge in [-0.3, -0.25) is 0 Å². The predicted molar refractivity (Wildman–Crippen MR) is 56.1 cm³/mol. The van der Waals surface area contributed by atoms with Gasteiger partial charge in [0.2, 0.25) is 0 Å². The van der Waals surface area contributed by atoms with Crippen LogP contribution in [0.3, 0.4) is 0 Å². The normalized spacial score (nSPS) is 17.9. The lowest BCUT2D eigenvalue weighted by Gasteiger charge is -2.17. The van der Waals surface area contributed by atoms with Crippen LogP contribution in [0.4, 0.5) is 10.1 Å². The standard InChI is InChI=1S/C10H12ClFN2/c11-8-2-1-7(12)5-9(8)14-10(6-13)3-4-10/h1-2,5,14H,3-4,6,13H2. The van der Waals surface area contributed by atoms with Crippen molar-refractivity contribution in [2.45, 2.75) is 18.4 Å². The van der Waals surface area contributed by atoms with E-state index >= 15 is 0 Å². The highest BCUT2D eigenvalue weighted by Gasteiger charge is 2.41. The first-order chi connectivity index (χ1) is 6.65. The van der Waals surface area contributed by atoms with Gasteiger partial charge in [0.1, 0.15) is 5.82 Å². The molecule has 1 saturated carbocycles. The molecule has 0 spiro atoms. The molecule has 0 atom stereocenters. The number of nitrogens with one attached hydrogen (secondary N) is 1. The monoisotopic (exact) mass is 214 g/mol. The molecule has 1 aromatic rings. The zero-order valence-corrected chi connectivity index (χ0v) is 8.44. The highest BCUT2D eigenvalue weighted by Crippen LogP contribution is 2.39. The van der Waals surface area contributed by atoms with Crippen molar-refractivity contribution in [1.29, 1.82) is 0 Å². The van der Waals surface area contributed by atoms with Crippen molar-refractivity contribution in [3.63, 3.8) is 0 Å². The van der Waals surface area contributed by atoms with Crippen molar-refractivity contribution in [2.24, 2.45) is 5.73 Å². The lowest BCUT2D eigenvalue weighted by Crippen LogP contribution is -2.30. The molecule has 0 unspecified atom stereocenters. The van der Waals surface area contributed by atoms with Crippen molar-refractivity contribution in [3.8, 4) is 0 Å². The quantitative estimate of drug-likeness (QED) is 0.811. The van der Waals surface area contributed by atoms with Gasteiger partial charge < -0.3 is 11.1 Å². The minimum atomic E-state index is -0.287. The van der Waals surface area contributed by atoms with Gasteiger partial charge in [0.25, 0.3) is 0 Å². The van der Waals surface area contributed by atoms with Crippen LogP contribution in [-0.4, -0.2) is 12.1 Å². The second-order valence-corrected chi connectivity index (χ2v) is 4.14. The minimum Gasteiger partial charge on any atom is -0.377 e. The summed E-state index contributed by atoms with van der Waals surface area (Å²) in [5, 5.41) is 3.72. The first-order valence-corrected chi connectivity index (χ1v) is 4.96. The number of benzene rings is 1. The van der Waals surface area contributed by atoms with Gasteiger partial charge in [-0.25, -0.2) is 4.39 Å². The lowest BCUT2D eigenvalue weighted by molar-refractivity contribution is 0.627. The summed E-state index contributed by atoms with van der Waals surface area (Å²) in [7, 11) is 0. The fourth-order valence-corrected chi connectivity index (χ4v) is 1.57. The van der Waals surface area contributed by atoms with Crippen molar-refractivity contribution in [3.05, 3.63) is 29.0 Å². The molecule has 0 bridgehead atoms. The van der Waals surface area contributed by atoms with Crippen LogP contribution >= 0.6 is 11.6 Å². The molecule has 2 nitrogen and oxygen atoms in total. The molecule has 0 radical (unpaired) electrons. The SMILES string of the molecule is NCC1(Nc2cc(F)ccc2Cl)CC1. The maximum absolute atomic E-state index is 12.9. The molecule has 0 aromatic heterocycles. The van der Waals surface area contributed by atoms with Crippen LogP contribution in [0.1, 0.15) is 12.8 Å². The van der Waals surface area contributed by atoms with Crippen LogP contribution in [0.2, 0.25) is 5.02 Å². The number of hydrogen-bond donors (Lipinski definition) is 2. The summed E-state index contributed by atoms with van der Waals surface area (Å²) in [5.74, 6) is -0.287. The Hall–Kier alpha value is -0.800. The van der Waals surface area contributed by atoms with Crippen molar-refractivity contribution < 1.29 is 4.39 Å². The van der Waals surface area contributed by atoms with Crippen LogP contribution in [0.15, 0.2) is 18.2 Å². The highest BCUT2D eigenvalue weighted by atomic mass is 35.5. The Labute approximate surface area is 87.2 Å². The van der Waals surface area contributed by atoms with Crippen LogP contribution in [0, 0.1) is 5.82 Å². The van der Waals surface area contributed by atoms with E-state index in [9.17, 15) is 4.39 Å². The molecule has 76 valence electrons. The highest BCUT2D eigenvalue weighted by molar-refractivity contribution is 6.33. The van der Waals surface area contributed by atoms with Crippen LogP contribution in [0.5, 0.6) is 0 Å². The summed E-state index contributed by atoms with van der Waals surface area (Å²) in [5.41, 5.74) is 6.20. The van der Waals surface area contributed by atoms with E-state index in [-0.39, 0.29) is 11.4 Å². The molecule has 0 aliphatic heterocycles. The van der Waals surface area contributed by atoms with Crippen LogP contribution in [-0.2, 0) is 0 Å². The van der Waals surface area contributed by atoms with Crippen LogP contribution < -0.4 is 11.1 Å². The molecule has 0 saturated heterocycles. The average molecular weight is 215 g/mol. The van der Waals surface area contributed by atoms with E-state index in [1.165, 1.54) is 12.1 Å². The molecular weight excluding hydrogens is 203 g/mol. The van der Waals surface area contributed by atoms with E-state index in [4.69, 9.17) is 17.3 Å². The second-order valence-electron chi connectivity index (χ2n) is 3.73. The third-order valence-electron chi connectivity index (χ3n) is 2.57. The minimum absolute atomic E-state index is 0.0442. The molecule has 1 aliphatic rings. The molecule has 0 heterocycles. The summed E-state index contributed by atoms with van der Waals surface area (Å²) >= 11 is 5.92. The number of nitrogens with two attached hydrogens (primary N) is 1. The number of halogens is 2. The average Bonchev–Trinajstić information content (AvgIpc) is 2.92. The van der Waals surface area contributed by atoms with E-state index in [1.807, 2.05) is 0 Å². The first kappa shape index (κ1) is 9.74. The van der Waals surface area contributed by atoms with E-state index in [0.29, 0.717) is 17.3 Å². The van der Waals surface area contributed by atoms with Crippen molar-refractivity contribution in [1.82, 2.24) is 0 Å². The Morgan fingerprint density at radius 3 is 2.79 bits per heavy atom. The molecule has 14 heavy (non-hydrogen) atoms. The summed E-state index contributed by atoms with van der Waals surface area (Å²) in [6.07, 6.45) is 2.05. The van der Waals surface area contributed by atoms with Gasteiger partial charge in [0.15, 0.2) is 0 Å². The van der Waals surface area contributed by atoms with Gasteiger partial charge in [-0.2, -0.15) is 0 Å². The summed E-state index contributed by atoms with van der Waals surface area (Å²) in [6.45, 7) is 0.555. The fraction of sp³-hybridized carbons (Fsp3) is 0.400. The zero-order chi connectivity index (χ0) is 10.2. The molecule has 1 aliphatic carbocycles.